The monoisotopic (exact) mass is 277 g/mol. The Labute approximate surface area is 117 Å². The van der Waals surface area contributed by atoms with Gasteiger partial charge in [-0.3, -0.25) is 9.69 Å². The second-order valence-corrected chi connectivity index (χ2v) is 5.12. The molecule has 1 aliphatic heterocycles. The lowest BCUT2D eigenvalue weighted by Gasteiger charge is -2.19. The Morgan fingerprint density at radius 3 is 2.60 bits per heavy atom. The van der Waals surface area contributed by atoms with E-state index in [1.807, 2.05) is 6.92 Å². The minimum absolute atomic E-state index is 0.182. The molecule has 1 aromatic rings. The van der Waals surface area contributed by atoms with Crippen molar-refractivity contribution >= 4 is 17.6 Å². The molecule has 3 N–H and O–H groups in total. The number of amides is 3. The first-order valence-corrected chi connectivity index (χ1v) is 6.47. The van der Waals surface area contributed by atoms with E-state index in [2.05, 4.69) is 5.32 Å². The Hall–Kier alpha value is -2.24. The van der Waals surface area contributed by atoms with Gasteiger partial charge in [0.05, 0.1) is 13.7 Å². The number of hydrogen-bond donors (Lipinski definition) is 2. The molecule has 0 aromatic heterocycles. The van der Waals surface area contributed by atoms with Gasteiger partial charge in [0.1, 0.15) is 11.3 Å². The number of carbonyl (C=O) groups is 2. The summed E-state index contributed by atoms with van der Waals surface area (Å²) in [7, 11) is 1.54. The van der Waals surface area contributed by atoms with Crippen LogP contribution < -0.4 is 15.8 Å². The highest BCUT2D eigenvalue weighted by Gasteiger charge is 2.46. The van der Waals surface area contributed by atoms with E-state index in [1.54, 1.807) is 32.2 Å². The van der Waals surface area contributed by atoms with Gasteiger partial charge in [-0.25, -0.2) is 4.79 Å². The van der Waals surface area contributed by atoms with E-state index < -0.39 is 5.54 Å². The van der Waals surface area contributed by atoms with Crippen molar-refractivity contribution in [2.45, 2.75) is 32.4 Å². The third kappa shape index (κ3) is 2.41. The summed E-state index contributed by atoms with van der Waals surface area (Å²) in [6, 6.07) is 4.80. The predicted molar refractivity (Wildman–Crippen MR) is 75.2 cm³/mol. The average molecular weight is 277 g/mol. The molecular formula is C14H19N3O3. The molecule has 6 nitrogen and oxygen atoms in total. The molecule has 1 aliphatic rings. The van der Waals surface area contributed by atoms with Gasteiger partial charge in [0, 0.05) is 11.8 Å². The van der Waals surface area contributed by atoms with Gasteiger partial charge in [0.2, 0.25) is 0 Å². The second-order valence-electron chi connectivity index (χ2n) is 5.12. The van der Waals surface area contributed by atoms with Crippen molar-refractivity contribution in [2.75, 3.05) is 12.8 Å². The molecule has 0 bridgehead atoms. The van der Waals surface area contributed by atoms with Gasteiger partial charge in [-0.05, 0) is 31.0 Å². The smallest absolute Gasteiger partial charge is 0.325 e. The average Bonchev–Trinajstić information content (AvgIpc) is 2.62. The molecule has 6 heteroatoms. The molecule has 1 heterocycles. The van der Waals surface area contributed by atoms with Crippen LogP contribution in [0.3, 0.4) is 0 Å². The van der Waals surface area contributed by atoms with Gasteiger partial charge in [0.25, 0.3) is 5.91 Å². The van der Waals surface area contributed by atoms with Gasteiger partial charge in [-0.15, -0.1) is 0 Å². The summed E-state index contributed by atoms with van der Waals surface area (Å²) in [4.78, 5) is 25.4. The van der Waals surface area contributed by atoms with Crippen molar-refractivity contribution in [3.05, 3.63) is 23.8 Å². The number of nitrogens with two attached hydrogens (primary N) is 1. The minimum Gasteiger partial charge on any atom is -0.497 e. The van der Waals surface area contributed by atoms with Gasteiger partial charge < -0.3 is 15.8 Å². The molecule has 1 fully saturated rings. The Bertz CT molecular complexity index is 559. The molecule has 0 radical (unpaired) electrons. The summed E-state index contributed by atoms with van der Waals surface area (Å²) in [5.41, 5.74) is 6.24. The lowest BCUT2D eigenvalue weighted by molar-refractivity contribution is -0.131. The number of urea groups is 1. The van der Waals surface area contributed by atoms with Crippen molar-refractivity contribution in [1.29, 1.82) is 0 Å². The first-order chi connectivity index (χ1) is 9.39. The van der Waals surface area contributed by atoms with Crippen LogP contribution in [0.5, 0.6) is 5.75 Å². The third-order valence-electron chi connectivity index (χ3n) is 3.62. The van der Waals surface area contributed by atoms with Crippen molar-refractivity contribution in [1.82, 2.24) is 10.2 Å². The van der Waals surface area contributed by atoms with E-state index in [-0.39, 0.29) is 18.5 Å². The first-order valence-electron chi connectivity index (χ1n) is 6.47. The molecular weight excluding hydrogens is 258 g/mol. The van der Waals surface area contributed by atoms with Crippen LogP contribution in [0.1, 0.15) is 25.8 Å². The SMILES string of the molecule is CCC1(C)NC(=O)N(Cc2cc(N)cc(OC)c2)C1=O. The van der Waals surface area contributed by atoms with Crippen LogP contribution in [0, 0.1) is 0 Å². The first kappa shape index (κ1) is 14.2. The maximum Gasteiger partial charge on any atom is 0.325 e. The zero-order valence-corrected chi connectivity index (χ0v) is 11.9. The lowest BCUT2D eigenvalue weighted by Crippen LogP contribution is -2.43. The van der Waals surface area contributed by atoms with Gasteiger partial charge >= 0.3 is 6.03 Å². The molecule has 2 rings (SSSR count). The van der Waals surface area contributed by atoms with E-state index in [4.69, 9.17) is 10.5 Å². The number of carbonyl (C=O) groups excluding carboxylic acids is 2. The molecule has 1 unspecified atom stereocenters. The molecule has 108 valence electrons. The fourth-order valence-electron chi connectivity index (χ4n) is 2.21. The van der Waals surface area contributed by atoms with Gasteiger partial charge in [-0.1, -0.05) is 6.92 Å². The molecule has 0 aliphatic carbocycles. The number of rotatable bonds is 4. The Morgan fingerprint density at radius 1 is 1.35 bits per heavy atom. The summed E-state index contributed by atoms with van der Waals surface area (Å²) >= 11 is 0. The summed E-state index contributed by atoms with van der Waals surface area (Å²) < 4.78 is 5.13. The molecule has 1 aromatic carbocycles. The van der Waals surface area contributed by atoms with E-state index in [0.717, 1.165) is 5.56 Å². The van der Waals surface area contributed by atoms with Gasteiger partial charge in [0.15, 0.2) is 0 Å². The zero-order chi connectivity index (χ0) is 14.9. The fourth-order valence-corrected chi connectivity index (χ4v) is 2.21. The molecule has 1 atom stereocenters. The maximum absolute atomic E-state index is 12.3. The second kappa shape index (κ2) is 5.03. The zero-order valence-electron chi connectivity index (χ0n) is 11.9. The third-order valence-corrected chi connectivity index (χ3v) is 3.62. The molecule has 0 saturated carbocycles. The van der Waals surface area contributed by atoms with Crippen LogP contribution in [0.15, 0.2) is 18.2 Å². The van der Waals surface area contributed by atoms with Crippen LogP contribution in [0.4, 0.5) is 10.5 Å². The summed E-state index contributed by atoms with van der Waals surface area (Å²) in [6.45, 7) is 3.78. The number of nitrogens with zero attached hydrogens (tertiary/aromatic N) is 1. The van der Waals surface area contributed by atoms with Crippen molar-refractivity contribution in [2.24, 2.45) is 0 Å². The van der Waals surface area contributed by atoms with Crippen LogP contribution in [-0.4, -0.2) is 29.5 Å². The lowest BCUT2D eigenvalue weighted by atomic mass is 9.99. The van der Waals surface area contributed by atoms with Crippen molar-refractivity contribution < 1.29 is 14.3 Å². The van der Waals surface area contributed by atoms with Crippen LogP contribution in [0.25, 0.3) is 0 Å². The highest BCUT2D eigenvalue weighted by atomic mass is 16.5. The maximum atomic E-state index is 12.3. The number of benzene rings is 1. The number of nitrogens with one attached hydrogen (secondary N) is 1. The standard InChI is InChI=1S/C14H19N3O3/c1-4-14(2)12(18)17(13(19)16-14)8-9-5-10(15)7-11(6-9)20-3/h5-7H,4,8,15H2,1-3H3,(H,16,19). The van der Waals surface area contributed by atoms with E-state index in [1.165, 1.54) is 4.90 Å². The van der Waals surface area contributed by atoms with E-state index >= 15 is 0 Å². The van der Waals surface area contributed by atoms with Crippen LogP contribution >= 0.6 is 0 Å². The number of hydrogen-bond acceptors (Lipinski definition) is 4. The molecule has 1 saturated heterocycles. The van der Waals surface area contributed by atoms with E-state index in [0.29, 0.717) is 17.9 Å². The molecule has 0 spiro atoms. The highest BCUT2D eigenvalue weighted by molar-refractivity contribution is 6.06. The molecule has 3 amide bonds. The summed E-state index contributed by atoms with van der Waals surface area (Å²) in [6.07, 6.45) is 0.550. The number of nitrogen functional groups attached to an aromatic ring is 1. The van der Waals surface area contributed by atoms with Gasteiger partial charge in [-0.2, -0.15) is 0 Å². The largest absolute Gasteiger partial charge is 0.497 e. The Morgan fingerprint density at radius 2 is 2.05 bits per heavy atom. The summed E-state index contributed by atoms with van der Waals surface area (Å²) in [5.74, 6) is 0.386. The number of anilines is 1. The number of ether oxygens (including phenoxy) is 1. The summed E-state index contributed by atoms with van der Waals surface area (Å²) in [5, 5.41) is 2.72. The predicted octanol–water partition coefficient (Wildman–Crippen LogP) is 1.50. The Balaban J connectivity index is 2.24. The topological polar surface area (TPSA) is 84.7 Å². The quantitative estimate of drug-likeness (QED) is 0.645. The van der Waals surface area contributed by atoms with Crippen molar-refractivity contribution in [3.8, 4) is 5.75 Å². The number of methoxy groups -OCH3 is 1. The minimum atomic E-state index is -0.818. The highest BCUT2D eigenvalue weighted by Crippen LogP contribution is 2.25. The molecule has 20 heavy (non-hydrogen) atoms. The normalized spacial score (nSPS) is 22.1. The van der Waals surface area contributed by atoms with E-state index in [9.17, 15) is 9.59 Å². The Kier molecular flexibility index (Phi) is 3.57. The van der Waals surface area contributed by atoms with Crippen LogP contribution in [-0.2, 0) is 11.3 Å². The van der Waals surface area contributed by atoms with Crippen LogP contribution in [0.2, 0.25) is 0 Å². The fraction of sp³-hybridized carbons (Fsp3) is 0.429. The number of imide groups is 1. The van der Waals surface area contributed by atoms with Crippen molar-refractivity contribution in [3.63, 3.8) is 0 Å².